The Morgan fingerprint density at radius 2 is 2.11 bits per heavy atom. The van der Waals surface area contributed by atoms with Gasteiger partial charge in [-0.2, -0.15) is 0 Å². The average molecular weight is 356 g/mol. The van der Waals surface area contributed by atoms with Crippen LogP contribution < -0.4 is 5.32 Å². The van der Waals surface area contributed by atoms with Gasteiger partial charge in [-0.25, -0.2) is 8.78 Å². The first-order valence-electron chi connectivity index (χ1n) is 5.67. The van der Waals surface area contributed by atoms with Gasteiger partial charge in [0.2, 0.25) is 0 Å². The maximum absolute atomic E-state index is 13.7. The number of amides is 1. The maximum atomic E-state index is 13.7. The summed E-state index contributed by atoms with van der Waals surface area (Å²) in [6.07, 6.45) is 0. The molecule has 0 spiro atoms. The highest BCUT2D eigenvalue weighted by Gasteiger charge is 2.26. The van der Waals surface area contributed by atoms with E-state index in [0.717, 1.165) is 12.1 Å². The standard InChI is InChI=1S/C12H13BrF2N2O.ClH/c1-7-6-16-2-3-17(7)12(18)8-4-11(15)9(13)5-10(8)14;/h4-5,7,16H,2-3,6H2,1H3;1H. The summed E-state index contributed by atoms with van der Waals surface area (Å²) in [5, 5.41) is 3.14. The van der Waals surface area contributed by atoms with Crippen LogP contribution in [-0.4, -0.2) is 36.5 Å². The Hall–Kier alpha value is -0.720. The van der Waals surface area contributed by atoms with E-state index in [9.17, 15) is 13.6 Å². The second kappa shape index (κ2) is 6.63. The zero-order chi connectivity index (χ0) is 13.3. The fourth-order valence-corrected chi connectivity index (χ4v) is 2.30. The van der Waals surface area contributed by atoms with Gasteiger partial charge in [0.15, 0.2) is 0 Å². The highest BCUT2D eigenvalue weighted by molar-refractivity contribution is 9.10. The summed E-state index contributed by atoms with van der Waals surface area (Å²) in [6.45, 7) is 3.69. The Bertz CT molecular complexity index is 487. The molecule has 0 aliphatic carbocycles. The molecule has 106 valence electrons. The van der Waals surface area contributed by atoms with E-state index in [0.29, 0.717) is 19.6 Å². The molecule has 1 amide bonds. The summed E-state index contributed by atoms with van der Waals surface area (Å²) in [5.74, 6) is -1.81. The molecule has 2 rings (SSSR count). The molecule has 1 aromatic carbocycles. The lowest BCUT2D eigenvalue weighted by molar-refractivity contribution is 0.0650. The molecule has 0 aromatic heterocycles. The first kappa shape index (κ1) is 16.3. The molecule has 1 aliphatic rings. The number of halogens is 4. The van der Waals surface area contributed by atoms with Gasteiger partial charge < -0.3 is 10.2 Å². The molecule has 0 saturated carbocycles. The van der Waals surface area contributed by atoms with Gasteiger partial charge in [0.25, 0.3) is 5.91 Å². The normalized spacial score (nSPS) is 18.9. The number of hydrogen-bond donors (Lipinski definition) is 1. The van der Waals surface area contributed by atoms with Gasteiger partial charge in [0, 0.05) is 25.7 Å². The Morgan fingerprint density at radius 3 is 2.74 bits per heavy atom. The number of piperazine rings is 1. The quantitative estimate of drug-likeness (QED) is 0.785. The highest BCUT2D eigenvalue weighted by Crippen LogP contribution is 2.21. The van der Waals surface area contributed by atoms with E-state index in [1.165, 1.54) is 0 Å². The molecular formula is C12H14BrClF2N2O. The summed E-state index contributed by atoms with van der Waals surface area (Å²) in [7, 11) is 0. The van der Waals surface area contributed by atoms with Crippen molar-refractivity contribution in [1.29, 1.82) is 0 Å². The summed E-state index contributed by atoms with van der Waals surface area (Å²) < 4.78 is 27.1. The van der Waals surface area contributed by atoms with Crippen LogP contribution in [0.1, 0.15) is 17.3 Å². The van der Waals surface area contributed by atoms with Crippen LogP contribution in [0, 0.1) is 11.6 Å². The topological polar surface area (TPSA) is 32.3 Å². The summed E-state index contributed by atoms with van der Waals surface area (Å²) in [6, 6.07) is 1.89. The van der Waals surface area contributed by atoms with Gasteiger partial charge in [-0.15, -0.1) is 12.4 Å². The van der Waals surface area contributed by atoms with Crippen molar-refractivity contribution in [1.82, 2.24) is 10.2 Å². The van der Waals surface area contributed by atoms with Crippen LogP contribution in [-0.2, 0) is 0 Å². The number of nitrogens with zero attached hydrogens (tertiary/aromatic N) is 1. The minimum Gasteiger partial charge on any atom is -0.333 e. The minimum absolute atomic E-state index is 0. The third-order valence-electron chi connectivity index (χ3n) is 3.00. The van der Waals surface area contributed by atoms with E-state index in [2.05, 4.69) is 21.2 Å². The van der Waals surface area contributed by atoms with Crippen molar-refractivity contribution in [3.63, 3.8) is 0 Å². The lowest BCUT2D eigenvalue weighted by Gasteiger charge is -2.34. The largest absolute Gasteiger partial charge is 0.333 e. The zero-order valence-electron chi connectivity index (χ0n) is 10.3. The van der Waals surface area contributed by atoms with Crippen LogP contribution in [0.15, 0.2) is 16.6 Å². The number of carbonyl (C=O) groups is 1. The second-order valence-electron chi connectivity index (χ2n) is 4.30. The van der Waals surface area contributed by atoms with Crippen molar-refractivity contribution in [2.75, 3.05) is 19.6 Å². The fraction of sp³-hybridized carbons (Fsp3) is 0.417. The third kappa shape index (κ3) is 3.43. The fourth-order valence-electron chi connectivity index (χ4n) is 1.98. The van der Waals surface area contributed by atoms with Crippen molar-refractivity contribution in [2.24, 2.45) is 0 Å². The number of hydrogen-bond acceptors (Lipinski definition) is 2. The first-order chi connectivity index (χ1) is 8.50. The molecule has 1 heterocycles. The lowest BCUT2D eigenvalue weighted by atomic mass is 10.1. The highest BCUT2D eigenvalue weighted by atomic mass is 79.9. The van der Waals surface area contributed by atoms with Gasteiger partial charge in [0.1, 0.15) is 11.6 Å². The van der Waals surface area contributed by atoms with Crippen LogP contribution in [0.3, 0.4) is 0 Å². The van der Waals surface area contributed by atoms with E-state index in [4.69, 9.17) is 0 Å². The molecule has 7 heteroatoms. The van der Waals surface area contributed by atoms with Crippen LogP contribution in [0.2, 0.25) is 0 Å². The first-order valence-corrected chi connectivity index (χ1v) is 6.46. The Morgan fingerprint density at radius 1 is 1.42 bits per heavy atom. The predicted octanol–water partition coefficient (Wildman–Crippen LogP) is 2.58. The van der Waals surface area contributed by atoms with E-state index >= 15 is 0 Å². The minimum atomic E-state index is -0.709. The van der Waals surface area contributed by atoms with Crippen molar-refractivity contribution in [3.8, 4) is 0 Å². The van der Waals surface area contributed by atoms with Crippen LogP contribution in [0.4, 0.5) is 8.78 Å². The molecule has 3 nitrogen and oxygen atoms in total. The van der Waals surface area contributed by atoms with Gasteiger partial charge in [-0.05, 0) is 35.0 Å². The van der Waals surface area contributed by atoms with Crippen LogP contribution in [0.5, 0.6) is 0 Å². The third-order valence-corrected chi connectivity index (χ3v) is 3.61. The van der Waals surface area contributed by atoms with Crippen molar-refractivity contribution in [3.05, 3.63) is 33.8 Å². The number of benzene rings is 1. The Labute approximate surface area is 124 Å². The van der Waals surface area contributed by atoms with Gasteiger partial charge in [0.05, 0.1) is 10.0 Å². The number of carbonyl (C=O) groups excluding carboxylic acids is 1. The summed E-state index contributed by atoms with van der Waals surface area (Å²) >= 11 is 2.89. The molecule has 1 fully saturated rings. The number of nitrogens with one attached hydrogen (secondary N) is 1. The molecular weight excluding hydrogens is 341 g/mol. The van der Waals surface area contributed by atoms with Crippen molar-refractivity contribution in [2.45, 2.75) is 13.0 Å². The second-order valence-corrected chi connectivity index (χ2v) is 5.15. The zero-order valence-corrected chi connectivity index (χ0v) is 12.7. The predicted molar refractivity (Wildman–Crippen MR) is 74.7 cm³/mol. The summed E-state index contributed by atoms with van der Waals surface area (Å²) in [4.78, 5) is 13.7. The molecule has 19 heavy (non-hydrogen) atoms. The van der Waals surface area contributed by atoms with E-state index in [-0.39, 0.29) is 28.5 Å². The number of rotatable bonds is 1. The Kier molecular flexibility index (Phi) is 5.70. The van der Waals surface area contributed by atoms with E-state index in [1.54, 1.807) is 4.90 Å². The van der Waals surface area contributed by atoms with E-state index < -0.39 is 17.5 Å². The van der Waals surface area contributed by atoms with Gasteiger partial charge >= 0.3 is 0 Å². The molecule has 1 N–H and O–H groups in total. The molecule has 1 unspecified atom stereocenters. The van der Waals surface area contributed by atoms with Crippen molar-refractivity contribution < 1.29 is 13.6 Å². The van der Waals surface area contributed by atoms with Gasteiger partial charge in [-0.3, -0.25) is 4.79 Å². The monoisotopic (exact) mass is 354 g/mol. The molecule has 1 atom stereocenters. The molecule has 0 radical (unpaired) electrons. The Balaban J connectivity index is 0.00000180. The SMILES string of the molecule is CC1CNCCN1C(=O)c1cc(F)c(Br)cc1F.Cl. The maximum Gasteiger partial charge on any atom is 0.257 e. The molecule has 0 bridgehead atoms. The van der Waals surface area contributed by atoms with Crippen molar-refractivity contribution >= 4 is 34.2 Å². The smallest absolute Gasteiger partial charge is 0.257 e. The average Bonchev–Trinajstić information content (AvgIpc) is 2.33. The lowest BCUT2D eigenvalue weighted by Crippen LogP contribution is -2.52. The van der Waals surface area contributed by atoms with Crippen LogP contribution >= 0.6 is 28.3 Å². The van der Waals surface area contributed by atoms with Crippen LogP contribution in [0.25, 0.3) is 0 Å². The van der Waals surface area contributed by atoms with E-state index in [1.807, 2.05) is 6.92 Å². The molecule has 1 aliphatic heterocycles. The molecule has 1 aromatic rings. The summed E-state index contributed by atoms with van der Waals surface area (Å²) in [5.41, 5.74) is -0.218. The molecule has 1 saturated heterocycles. The van der Waals surface area contributed by atoms with Gasteiger partial charge in [-0.1, -0.05) is 0 Å².